The smallest absolute Gasteiger partial charge is 0.227 e. The van der Waals surface area contributed by atoms with E-state index in [1.54, 1.807) is 29.2 Å². The summed E-state index contributed by atoms with van der Waals surface area (Å²) in [6.07, 6.45) is 0.139. The van der Waals surface area contributed by atoms with Crippen molar-refractivity contribution in [1.82, 2.24) is 4.90 Å². The minimum absolute atomic E-state index is 0.0576. The van der Waals surface area contributed by atoms with Crippen LogP contribution in [0.3, 0.4) is 0 Å². The van der Waals surface area contributed by atoms with Crippen LogP contribution in [0.15, 0.2) is 42.5 Å². The highest BCUT2D eigenvalue weighted by atomic mass is 19.1. The van der Waals surface area contributed by atoms with E-state index < -0.39 is 5.82 Å². The zero-order chi connectivity index (χ0) is 17.8. The summed E-state index contributed by atoms with van der Waals surface area (Å²) in [7, 11) is 1.40. The number of methoxy groups -OCH3 is 1. The van der Waals surface area contributed by atoms with Crippen molar-refractivity contribution < 1.29 is 18.3 Å². The number of anilines is 1. The molecule has 0 aliphatic carbocycles. The molecule has 1 fully saturated rings. The minimum atomic E-state index is -0.475. The van der Waals surface area contributed by atoms with Gasteiger partial charge in [-0.2, -0.15) is 0 Å². The number of hydrogen-bond acceptors (Lipinski definition) is 3. The third-order valence-corrected chi connectivity index (χ3v) is 4.40. The van der Waals surface area contributed by atoms with Gasteiger partial charge in [0, 0.05) is 26.2 Å². The van der Waals surface area contributed by atoms with E-state index in [0.29, 0.717) is 37.4 Å². The Bertz CT molecular complexity index is 759. The number of hydrogen-bond donors (Lipinski definition) is 0. The van der Waals surface area contributed by atoms with Gasteiger partial charge >= 0.3 is 0 Å². The summed E-state index contributed by atoms with van der Waals surface area (Å²) in [4.78, 5) is 16.1. The Labute approximate surface area is 145 Å². The number of carbonyl (C=O) groups excluding carboxylic acids is 1. The zero-order valence-corrected chi connectivity index (χ0v) is 14.0. The predicted molar refractivity (Wildman–Crippen MR) is 91.8 cm³/mol. The Morgan fingerprint density at radius 3 is 2.40 bits per heavy atom. The third kappa shape index (κ3) is 3.90. The van der Waals surface area contributed by atoms with Crippen LogP contribution in [-0.2, 0) is 11.2 Å². The fraction of sp³-hybridized carbons (Fsp3) is 0.316. The summed E-state index contributed by atoms with van der Waals surface area (Å²) >= 11 is 0. The van der Waals surface area contributed by atoms with Gasteiger partial charge < -0.3 is 14.5 Å². The van der Waals surface area contributed by atoms with Gasteiger partial charge in [0.15, 0.2) is 11.6 Å². The SMILES string of the molecule is COc1ccc(CC(=O)N2CCN(c3ccccc3F)CC2)cc1F. The third-order valence-electron chi connectivity index (χ3n) is 4.40. The van der Waals surface area contributed by atoms with Crippen molar-refractivity contribution in [1.29, 1.82) is 0 Å². The van der Waals surface area contributed by atoms with Crippen molar-refractivity contribution >= 4 is 11.6 Å². The molecule has 0 atom stereocenters. The number of halogens is 2. The van der Waals surface area contributed by atoms with Gasteiger partial charge in [-0.3, -0.25) is 4.79 Å². The van der Waals surface area contributed by atoms with Gasteiger partial charge in [-0.1, -0.05) is 18.2 Å². The van der Waals surface area contributed by atoms with Gasteiger partial charge in [-0.25, -0.2) is 8.78 Å². The second kappa shape index (κ2) is 7.51. The lowest BCUT2D eigenvalue weighted by Crippen LogP contribution is -2.49. The number of carbonyl (C=O) groups is 1. The van der Waals surface area contributed by atoms with Crippen molar-refractivity contribution in [2.75, 3.05) is 38.2 Å². The van der Waals surface area contributed by atoms with E-state index in [9.17, 15) is 13.6 Å². The maximum Gasteiger partial charge on any atom is 0.227 e. The molecule has 0 radical (unpaired) electrons. The number of para-hydroxylation sites is 1. The van der Waals surface area contributed by atoms with Crippen LogP contribution in [0.4, 0.5) is 14.5 Å². The Morgan fingerprint density at radius 1 is 1.04 bits per heavy atom. The van der Waals surface area contributed by atoms with Gasteiger partial charge in [0.05, 0.1) is 19.2 Å². The maximum atomic E-state index is 13.8. The molecule has 0 bridgehead atoms. The molecule has 0 N–H and O–H groups in total. The Morgan fingerprint density at radius 2 is 1.76 bits per heavy atom. The normalized spacial score (nSPS) is 14.5. The lowest BCUT2D eigenvalue weighted by atomic mass is 10.1. The van der Waals surface area contributed by atoms with Gasteiger partial charge in [-0.05, 0) is 29.8 Å². The fourth-order valence-electron chi connectivity index (χ4n) is 3.01. The molecule has 132 valence electrons. The highest BCUT2D eigenvalue weighted by Crippen LogP contribution is 2.21. The minimum Gasteiger partial charge on any atom is -0.494 e. The first-order valence-electron chi connectivity index (χ1n) is 8.18. The van der Waals surface area contributed by atoms with Crippen LogP contribution in [0.25, 0.3) is 0 Å². The summed E-state index contributed by atoms with van der Waals surface area (Å²) in [5.74, 6) is -0.624. The Hall–Kier alpha value is -2.63. The molecule has 0 unspecified atom stereocenters. The first-order chi connectivity index (χ1) is 12.1. The van der Waals surface area contributed by atoms with E-state index in [2.05, 4.69) is 0 Å². The van der Waals surface area contributed by atoms with Crippen molar-refractivity contribution in [2.45, 2.75) is 6.42 Å². The summed E-state index contributed by atoms with van der Waals surface area (Å²) in [6.45, 7) is 2.19. The van der Waals surface area contributed by atoms with Crippen LogP contribution in [0.2, 0.25) is 0 Å². The first kappa shape index (κ1) is 17.2. The molecule has 0 saturated carbocycles. The highest BCUT2D eigenvalue weighted by molar-refractivity contribution is 5.79. The average Bonchev–Trinajstić information content (AvgIpc) is 2.62. The Balaban J connectivity index is 1.58. The largest absolute Gasteiger partial charge is 0.494 e. The molecule has 2 aromatic carbocycles. The molecule has 1 amide bonds. The van der Waals surface area contributed by atoms with E-state index in [1.807, 2.05) is 4.90 Å². The number of piperazine rings is 1. The number of ether oxygens (including phenoxy) is 1. The zero-order valence-electron chi connectivity index (χ0n) is 14.0. The van der Waals surface area contributed by atoms with Gasteiger partial charge in [0.25, 0.3) is 0 Å². The first-order valence-corrected chi connectivity index (χ1v) is 8.18. The van der Waals surface area contributed by atoms with Crippen molar-refractivity contribution in [3.63, 3.8) is 0 Å². The molecule has 4 nitrogen and oxygen atoms in total. The summed E-state index contributed by atoms with van der Waals surface area (Å²) in [6, 6.07) is 11.2. The van der Waals surface area contributed by atoms with E-state index in [0.717, 1.165) is 0 Å². The van der Waals surface area contributed by atoms with Gasteiger partial charge in [0.1, 0.15) is 5.82 Å². The van der Waals surface area contributed by atoms with Gasteiger partial charge in [0.2, 0.25) is 5.91 Å². The maximum absolute atomic E-state index is 13.8. The molecule has 6 heteroatoms. The fourth-order valence-corrected chi connectivity index (χ4v) is 3.01. The van der Waals surface area contributed by atoms with Crippen LogP contribution in [0.5, 0.6) is 5.75 Å². The van der Waals surface area contributed by atoms with Crippen molar-refractivity contribution in [2.24, 2.45) is 0 Å². The monoisotopic (exact) mass is 346 g/mol. The molecule has 3 rings (SSSR count). The average molecular weight is 346 g/mol. The van der Waals surface area contributed by atoms with Crippen molar-refractivity contribution in [3.05, 3.63) is 59.7 Å². The summed E-state index contributed by atoms with van der Waals surface area (Å²) in [5.41, 5.74) is 1.17. The number of benzene rings is 2. The predicted octanol–water partition coefficient (Wildman–Crippen LogP) is 2.86. The standard InChI is InChI=1S/C19H20F2N2O2/c1-25-18-7-6-14(12-16(18)21)13-19(24)23-10-8-22(9-11-23)17-5-3-2-4-15(17)20/h2-7,12H,8-11,13H2,1H3. The number of nitrogens with zero attached hydrogens (tertiary/aromatic N) is 2. The van der Waals surface area contributed by atoms with E-state index in [4.69, 9.17) is 4.74 Å². The molecular weight excluding hydrogens is 326 g/mol. The quantitative estimate of drug-likeness (QED) is 0.853. The number of rotatable bonds is 4. The number of amides is 1. The van der Waals surface area contributed by atoms with E-state index in [-0.39, 0.29) is 23.9 Å². The molecule has 25 heavy (non-hydrogen) atoms. The molecule has 0 spiro atoms. The molecule has 0 aromatic heterocycles. The molecule has 1 aliphatic heterocycles. The van der Waals surface area contributed by atoms with E-state index >= 15 is 0 Å². The van der Waals surface area contributed by atoms with Crippen LogP contribution in [0, 0.1) is 11.6 Å². The second-order valence-corrected chi connectivity index (χ2v) is 5.96. The van der Waals surface area contributed by atoms with Crippen LogP contribution in [0.1, 0.15) is 5.56 Å². The second-order valence-electron chi connectivity index (χ2n) is 5.96. The summed E-state index contributed by atoms with van der Waals surface area (Å²) in [5, 5.41) is 0. The van der Waals surface area contributed by atoms with Crippen LogP contribution >= 0.6 is 0 Å². The molecule has 2 aromatic rings. The summed E-state index contributed by atoms with van der Waals surface area (Å²) < 4.78 is 32.5. The topological polar surface area (TPSA) is 32.8 Å². The lowest BCUT2D eigenvalue weighted by molar-refractivity contribution is -0.130. The van der Waals surface area contributed by atoms with Crippen LogP contribution < -0.4 is 9.64 Å². The molecule has 1 aliphatic rings. The molecule has 1 heterocycles. The van der Waals surface area contributed by atoms with Gasteiger partial charge in [-0.15, -0.1) is 0 Å². The van der Waals surface area contributed by atoms with Crippen molar-refractivity contribution in [3.8, 4) is 5.75 Å². The molecular formula is C19H20F2N2O2. The van der Waals surface area contributed by atoms with Crippen LogP contribution in [-0.4, -0.2) is 44.1 Å². The Kier molecular flexibility index (Phi) is 5.16. The molecule has 1 saturated heterocycles. The van der Waals surface area contributed by atoms with E-state index in [1.165, 1.54) is 25.3 Å². The highest BCUT2D eigenvalue weighted by Gasteiger charge is 2.23. The lowest BCUT2D eigenvalue weighted by Gasteiger charge is -2.36.